The van der Waals surface area contributed by atoms with Gasteiger partial charge in [-0.3, -0.25) is 9.59 Å². The average Bonchev–Trinajstić information content (AvgIpc) is 3.40. The number of hydrogen-bond donors (Lipinski definition) is 1. The standard InChI is InChI=1S/C31H35FN2O2/c1-23-15-17-24(18-16-23)19-20-30(35)34(22-26-11-5-8-14-28(26)32)29(21-25-9-3-2-4-10-25)31(36)33-27-12-6-7-13-27/h2-5,8-11,14-18,27,29H,6-7,12-13,19-22H2,1H3,(H,33,36). The van der Waals surface area contributed by atoms with Gasteiger partial charge in [0.05, 0.1) is 0 Å². The molecule has 1 aliphatic carbocycles. The molecule has 1 saturated carbocycles. The number of nitrogens with one attached hydrogen (secondary N) is 1. The molecular weight excluding hydrogens is 451 g/mol. The van der Waals surface area contributed by atoms with E-state index in [-0.39, 0.29) is 36.6 Å². The van der Waals surface area contributed by atoms with Gasteiger partial charge >= 0.3 is 0 Å². The van der Waals surface area contributed by atoms with Crippen molar-refractivity contribution in [1.29, 1.82) is 0 Å². The minimum atomic E-state index is -0.724. The molecule has 188 valence electrons. The third-order valence-electron chi connectivity index (χ3n) is 7.02. The summed E-state index contributed by atoms with van der Waals surface area (Å²) in [6.45, 7) is 2.08. The zero-order valence-corrected chi connectivity index (χ0v) is 21.0. The maximum absolute atomic E-state index is 14.7. The summed E-state index contributed by atoms with van der Waals surface area (Å²) in [5.74, 6) is -0.685. The Bertz CT molecular complexity index is 1140. The predicted molar refractivity (Wildman–Crippen MR) is 141 cm³/mol. The monoisotopic (exact) mass is 486 g/mol. The first-order valence-electron chi connectivity index (χ1n) is 12.9. The molecule has 0 aliphatic heterocycles. The van der Waals surface area contributed by atoms with Crippen LogP contribution in [0.25, 0.3) is 0 Å². The first kappa shape index (κ1) is 25.6. The highest BCUT2D eigenvalue weighted by atomic mass is 19.1. The van der Waals surface area contributed by atoms with E-state index in [0.29, 0.717) is 18.4 Å². The molecule has 0 radical (unpaired) electrons. The molecule has 4 nitrogen and oxygen atoms in total. The third-order valence-corrected chi connectivity index (χ3v) is 7.02. The molecule has 3 aromatic carbocycles. The third kappa shape index (κ3) is 7.03. The van der Waals surface area contributed by atoms with Gasteiger partial charge in [0.2, 0.25) is 11.8 Å². The highest BCUT2D eigenvalue weighted by Crippen LogP contribution is 2.21. The minimum Gasteiger partial charge on any atom is -0.352 e. The maximum atomic E-state index is 14.7. The van der Waals surface area contributed by atoms with E-state index in [1.165, 1.54) is 6.07 Å². The number of carbonyl (C=O) groups excluding carboxylic acids is 2. The van der Waals surface area contributed by atoms with Crippen molar-refractivity contribution >= 4 is 11.8 Å². The number of aryl methyl sites for hydroxylation is 2. The molecule has 1 aliphatic rings. The van der Waals surface area contributed by atoms with Gasteiger partial charge in [-0.15, -0.1) is 0 Å². The van der Waals surface area contributed by atoms with Crippen LogP contribution in [0.15, 0.2) is 78.9 Å². The molecule has 4 rings (SSSR count). The van der Waals surface area contributed by atoms with Crippen LogP contribution in [0.1, 0.15) is 54.4 Å². The fraction of sp³-hybridized carbons (Fsp3) is 0.355. The molecule has 0 aromatic heterocycles. The van der Waals surface area contributed by atoms with Gasteiger partial charge in [-0.25, -0.2) is 4.39 Å². The van der Waals surface area contributed by atoms with Crippen LogP contribution < -0.4 is 5.32 Å². The smallest absolute Gasteiger partial charge is 0.243 e. The molecule has 5 heteroatoms. The Balaban J connectivity index is 1.61. The Kier molecular flexibility index (Phi) is 8.88. The van der Waals surface area contributed by atoms with Gasteiger partial charge in [0.25, 0.3) is 0 Å². The van der Waals surface area contributed by atoms with Gasteiger partial charge < -0.3 is 10.2 Å². The second-order valence-electron chi connectivity index (χ2n) is 9.79. The Morgan fingerprint density at radius 3 is 2.28 bits per heavy atom. The Morgan fingerprint density at radius 1 is 0.917 bits per heavy atom. The number of halogens is 1. The number of amides is 2. The lowest BCUT2D eigenvalue weighted by Crippen LogP contribution is -2.52. The molecule has 2 amide bonds. The van der Waals surface area contributed by atoms with Crippen LogP contribution in [0, 0.1) is 12.7 Å². The Morgan fingerprint density at radius 2 is 1.58 bits per heavy atom. The largest absolute Gasteiger partial charge is 0.352 e. The van der Waals surface area contributed by atoms with Gasteiger partial charge in [0, 0.05) is 31.0 Å². The zero-order valence-electron chi connectivity index (χ0n) is 21.0. The van der Waals surface area contributed by atoms with Crippen molar-refractivity contribution in [2.45, 2.75) is 70.5 Å². The van der Waals surface area contributed by atoms with E-state index >= 15 is 0 Å². The summed E-state index contributed by atoms with van der Waals surface area (Å²) in [4.78, 5) is 28.9. The second-order valence-corrected chi connectivity index (χ2v) is 9.79. The molecule has 0 heterocycles. The predicted octanol–water partition coefficient (Wildman–Crippen LogP) is 5.77. The van der Waals surface area contributed by atoms with Gasteiger partial charge in [0.15, 0.2) is 0 Å². The van der Waals surface area contributed by atoms with E-state index in [0.717, 1.165) is 42.4 Å². The number of carbonyl (C=O) groups is 2. The molecule has 1 N–H and O–H groups in total. The number of benzene rings is 3. The van der Waals surface area contributed by atoms with Crippen molar-refractivity contribution in [2.75, 3.05) is 0 Å². The van der Waals surface area contributed by atoms with Crippen LogP contribution >= 0.6 is 0 Å². The topological polar surface area (TPSA) is 49.4 Å². The van der Waals surface area contributed by atoms with Crippen molar-refractivity contribution in [3.8, 4) is 0 Å². The molecular formula is C31H35FN2O2. The SMILES string of the molecule is Cc1ccc(CCC(=O)N(Cc2ccccc2F)C(Cc2ccccc2)C(=O)NC2CCCC2)cc1. The number of hydrogen-bond acceptors (Lipinski definition) is 2. The second kappa shape index (κ2) is 12.5. The first-order valence-corrected chi connectivity index (χ1v) is 12.9. The van der Waals surface area contributed by atoms with Crippen LogP contribution in [0.2, 0.25) is 0 Å². The van der Waals surface area contributed by atoms with Crippen LogP contribution in [0.5, 0.6) is 0 Å². The normalized spacial score (nSPS) is 14.4. The van der Waals surface area contributed by atoms with Gasteiger partial charge in [-0.05, 0) is 43.4 Å². The van der Waals surface area contributed by atoms with Crippen molar-refractivity contribution < 1.29 is 14.0 Å². The molecule has 3 aromatic rings. The van der Waals surface area contributed by atoms with E-state index < -0.39 is 6.04 Å². The van der Waals surface area contributed by atoms with Crippen LogP contribution in [0.3, 0.4) is 0 Å². The summed E-state index contributed by atoms with van der Waals surface area (Å²) in [5.41, 5.74) is 3.61. The molecule has 1 fully saturated rings. The van der Waals surface area contributed by atoms with Crippen molar-refractivity contribution in [3.63, 3.8) is 0 Å². The summed E-state index contributed by atoms with van der Waals surface area (Å²) in [6, 6.07) is 23.7. The lowest BCUT2D eigenvalue weighted by molar-refractivity contribution is -0.141. The first-order chi connectivity index (χ1) is 17.5. The van der Waals surface area contributed by atoms with Crippen LogP contribution in [-0.4, -0.2) is 28.8 Å². The summed E-state index contributed by atoms with van der Waals surface area (Å²) < 4.78 is 14.7. The van der Waals surface area contributed by atoms with E-state index in [1.54, 1.807) is 23.1 Å². The van der Waals surface area contributed by atoms with Gasteiger partial charge in [0.1, 0.15) is 11.9 Å². The lowest BCUT2D eigenvalue weighted by atomic mass is 10.0. The zero-order chi connectivity index (χ0) is 25.3. The Labute approximate surface area is 213 Å². The summed E-state index contributed by atoms with van der Waals surface area (Å²) in [7, 11) is 0. The molecule has 1 atom stereocenters. The van der Waals surface area contributed by atoms with Crippen LogP contribution in [-0.2, 0) is 29.0 Å². The quantitative estimate of drug-likeness (QED) is 0.396. The fourth-order valence-electron chi connectivity index (χ4n) is 4.88. The van der Waals surface area contributed by atoms with E-state index in [1.807, 2.05) is 61.5 Å². The number of rotatable bonds is 10. The molecule has 1 unspecified atom stereocenters. The van der Waals surface area contributed by atoms with Gasteiger partial charge in [-0.2, -0.15) is 0 Å². The highest BCUT2D eigenvalue weighted by Gasteiger charge is 2.32. The fourth-order valence-corrected chi connectivity index (χ4v) is 4.88. The summed E-state index contributed by atoms with van der Waals surface area (Å²) >= 11 is 0. The van der Waals surface area contributed by atoms with E-state index in [9.17, 15) is 14.0 Å². The minimum absolute atomic E-state index is 0.0506. The summed E-state index contributed by atoms with van der Waals surface area (Å²) in [6.07, 6.45) is 5.31. The van der Waals surface area contributed by atoms with Crippen LogP contribution in [0.4, 0.5) is 4.39 Å². The van der Waals surface area contributed by atoms with Crippen molar-refractivity contribution in [2.24, 2.45) is 0 Å². The average molecular weight is 487 g/mol. The number of nitrogens with zero attached hydrogens (tertiary/aromatic N) is 1. The maximum Gasteiger partial charge on any atom is 0.243 e. The molecule has 36 heavy (non-hydrogen) atoms. The summed E-state index contributed by atoms with van der Waals surface area (Å²) in [5, 5.41) is 3.19. The Hall–Kier alpha value is -3.47. The highest BCUT2D eigenvalue weighted by molar-refractivity contribution is 5.88. The van der Waals surface area contributed by atoms with Crippen molar-refractivity contribution in [3.05, 3.63) is 107 Å². The van der Waals surface area contributed by atoms with Gasteiger partial charge in [-0.1, -0.05) is 91.2 Å². The van der Waals surface area contributed by atoms with Crippen molar-refractivity contribution in [1.82, 2.24) is 10.2 Å². The molecule has 0 spiro atoms. The van der Waals surface area contributed by atoms with E-state index in [2.05, 4.69) is 5.32 Å². The molecule has 0 bridgehead atoms. The molecule has 0 saturated heterocycles. The van der Waals surface area contributed by atoms with E-state index in [4.69, 9.17) is 0 Å². The lowest BCUT2D eigenvalue weighted by Gasteiger charge is -2.32.